The fourth-order valence-electron chi connectivity index (χ4n) is 1.80. The van der Waals surface area contributed by atoms with Gasteiger partial charge < -0.3 is 5.32 Å². The summed E-state index contributed by atoms with van der Waals surface area (Å²) in [6, 6.07) is 4.96. The first kappa shape index (κ1) is 18.6. The molecule has 11 heteroatoms. The van der Waals surface area contributed by atoms with Crippen LogP contribution in [0, 0.1) is 5.82 Å². The summed E-state index contributed by atoms with van der Waals surface area (Å²) < 4.78 is 76.1. The molecule has 0 spiro atoms. The minimum Gasteiger partial charge on any atom is -0.319 e. The zero-order valence-electron chi connectivity index (χ0n) is 12.6. The van der Waals surface area contributed by atoms with Crippen LogP contribution in [0.15, 0.2) is 36.5 Å². The molecule has 0 aliphatic heterocycles. The van der Waals surface area contributed by atoms with Crippen molar-refractivity contribution >= 4 is 27.4 Å². The van der Waals surface area contributed by atoms with Crippen molar-refractivity contribution in [1.82, 2.24) is 4.98 Å². The average Bonchev–Trinajstić information content (AvgIpc) is 2.46. The van der Waals surface area contributed by atoms with Crippen molar-refractivity contribution in [3.63, 3.8) is 0 Å². The number of anilines is 2. The predicted octanol–water partition coefficient (Wildman–Crippen LogP) is 2.86. The summed E-state index contributed by atoms with van der Waals surface area (Å²) in [5, 5.41) is 2.09. The van der Waals surface area contributed by atoms with E-state index in [4.69, 9.17) is 0 Å². The van der Waals surface area contributed by atoms with Gasteiger partial charge in [-0.3, -0.25) is 9.52 Å². The molecule has 0 unspecified atom stereocenters. The molecule has 2 rings (SSSR count). The number of rotatable bonds is 4. The number of carbonyl (C=O) groups excluding carboxylic acids is 1. The van der Waals surface area contributed by atoms with Crippen molar-refractivity contribution in [2.24, 2.45) is 0 Å². The molecule has 134 valence electrons. The number of sulfonamides is 1. The van der Waals surface area contributed by atoms with Gasteiger partial charge in [0.2, 0.25) is 10.0 Å². The summed E-state index contributed by atoms with van der Waals surface area (Å²) in [6.07, 6.45) is -3.56. The number of nitrogens with one attached hydrogen (secondary N) is 2. The number of hydrogen-bond donors (Lipinski definition) is 2. The van der Waals surface area contributed by atoms with Crippen LogP contribution in [0.2, 0.25) is 0 Å². The van der Waals surface area contributed by atoms with Gasteiger partial charge in [0.05, 0.1) is 17.5 Å². The SMILES string of the molecule is CS(=O)(=O)Nc1ncc(C(F)(F)F)cc1NC(=O)c1cccc(F)c1. The Labute approximate surface area is 139 Å². The van der Waals surface area contributed by atoms with Crippen molar-refractivity contribution < 1.29 is 30.8 Å². The molecule has 1 aromatic heterocycles. The van der Waals surface area contributed by atoms with Crippen molar-refractivity contribution in [3.8, 4) is 0 Å². The highest BCUT2D eigenvalue weighted by Gasteiger charge is 2.32. The number of carbonyl (C=O) groups is 1. The number of benzene rings is 1. The van der Waals surface area contributed by atoms with Gasteiger partial charge in [-0.1, -0.05) is 6.07 Å². The van der Waals surface area contributed by atoms with Gasteiger partial charge in [-0.25, -0.2) is 17.8 Å². The Hall–Kier alpha value is -2.69. The summed E-state index contributed by atoms with van der Waals surface area (Å²) in [5.41, 5.74) is -1.88. The molecule has 2 aromatic rings. The standard InChI is InChI=1S/C14H11F4N3O3S/c1-25(23,24)21-12-11(6-9(7-19-12)14(16,17)18)20-13(22)8-3-2-4-10(15)5-8/h2-7H,1H3,(H,19,21)(H,20,22). The second-order valence-corrected chi connectivity index (χ2v) is 6.71. The lowest BCUT2D eigenvalue weighted by Gasteiger charge is -2.14. The van der Waals surface area contributed by atoms with E-state index in [1.165, 1.54) is 12.1 Å². The second kappa shape index (κ2) is 6.67. The highest BCUT2D eigenvalue weighted by atomic mass is 32.2. The summed E-state index contributed by atoms with van der Waals surface area (Å²) in [7, 11) is -3.86. The molecular formula is C14H11F4N3O3S. The number of alkyl halides is 3. The molecule has 2 N–H and O–H groups in total. The lowest BCUT2D eigenvalue weighted by molar-refractivity contribution is -0.137. The van der Waals surface area contributed by atoms with Crippen LogP contribution in [-0.2, 0) is 16.2 Å². The maximum absolute atomic E-state index is 13.2. The molecule has 0 fully saturated rings. The quantitative estimate of drug-likeness (QED) is 0.802. The van der Waals surface area contributed by atoms with Gasteiger partial charge in [-0.15, -0.1) is 0 Å². The Balaban J connectivity index is 2.43. The number of pyridine rings is 1. The van der Waals surface area contributed by atoms with Crippen LogP contribution in [0.3, 0.4) is 0 Å². The fourth-order valence-corrected chi connectivity index (χ4v) is 2.31. The van der Waals surface area contributed by atoms with E-state index in [0.29, 0.717) is 12.3 Å². The van der Waals surface area contributed by atoms with E-state index in [1.807, 2.05) is 4.72 Å². The molecule has 0 bridgehead atoms. The van der Waals surface area contributed by atoms with Crippen LogP contribution < -0.4 is 10.0 Å². The zero-order valence-corrected chi connectivity index (χ0v) is 13.4. The Morgan fingerprint density at radius 2 is 1.88 bits per heavy atom. The van der Waals surface area contributed by atoms with E-state index in [9.17, 15) is 30.8 Å². The topological polar surface area (TPSA) is 88.2 Å². The normalized spacial score (nSPS) is 11.9. The van der Waals surface area contributed by atoms with E-state index >= 15 is 0 Å². The first-order valence-corrected chi connectivity index (χ1v) is 8.47. The lowest BCUT2D eigenvalue weighted by atomic mass is 10.2. The van der Waals surface area contributed by atoms with Crippen molar-refractivity contribution in [2.75, 3.05) is 16.3 Å². The van der Waals surface area contributed by atoms with Crippen LogP contribution in [-0.4, -0.2) is 25.6 Å². The highest BCUT2D eigenvalue weighted by molar-refractivity contribution is 7.92. The van der Waals surface area contributed by atoms with E-state index < -0.39 is 45.0 Å². The third kappa shape index (κ3) is 5.14. The summed E-state index contributed by atoms with van der Waals surface area (Å²) in [6.45, 7) is 0. The molecule has 1 amide bonds. The minimum absolute atomic E-state index is 0.164. The number of hydrogen-bond acceptors (Lipinski definition) is 4. The lowest BCUT2D eigenvalue weighted by Crippen LogP contribution is -2.18. The predicted molar refractivity (Wildman–Crippen MR) is 82.1 cm³/mol. The Kier molecular flexibility index (Phi) is 4.97. The zero-order chi connectivity index (χ0) is 18.8. The molecule has 6 nitrogen and oxygen atoms in total. The van der Waals surface area contributed by atoms with Gasteiger partial charge in [-0.2, -0.15) is 13.2 Å². The van der Waals surface area contributed by atoms with E-state index in [-0.39, 0.29) is 5.56 Å². The number of nitrogens with zero attached hydrogens (tertiary/aromatic N) is 1. The van der Waals surface area contributed by atoms with Crippen LogP contribution >= 0.6 is 0 Å². The molecule has 0 saturated heterocycles. The fraction of sp³-hybridized carbons (Fsp3) is 0.143. The molecular weight excluding hydrogens is 366 g/mol. The second-order valence-electron chi connectivity index (χ2n) is 4.96. The van der Waals surface area contributed by atoms with Gasteiger partial charge in [0, 0.05) is 11.8 Å². The summed E-state index contributed by atoms with van der Waals surface area (Å²) in [5.74, 6) is -2.15. The third-order valence-corrected chi connectivity index (χ3v) is 3.40. The van der Waals surface area contributed by atoms with Crippen LogP contribution in [0.25, 0.3) is 0 Å². The van der Waals surface area contributed by atoms with Gasteiger partial charge in [0.15, 0.2) is 5.82 Å². The first-order chi connectivity index (χ1) is 11.5. The van der Waals surface area contributed by atoms with E-state index in [1.54, 1.807) is 0 Å². The highest BCUT2D eigenvalue weighted by Crippen LogP contribution is 2.33. The largest absolute Gasteiger partial charge is 0.417 e. The van der Waals surface area contributed by atoms with Gasteiger partial charge in [-0.05, 0) is 24.3 Å². The molecule has 1 aromatic carbocycles. The van der Waals surface area contributed by atoms with Gasteiger partial charge >= 0.3 is 6.18 Å². The molecule has 1 heterocycles. The van der Waals surface area contributed by atoms with Crippen molar-refractivity contribution in [3.05, 3.63) is 53.5 Å². The Bertz CT molecular complexity index is 914. The molecule has 0 radical (unpaired) electrons. The third-order valence-electron chi connectivity index (χ3n) is 2.83. The average molecular weight is 377 g/mol. The van der Waals surface area contributed by atoms with Crippen molar-refractivity contribution in [2.45, 2.75) is 6.18 Å². The van der Waals surface area contributed by atoms with Crippen LogP contribution in [0.1, 0.15) is 15.9 Å². The monoisotopic (exact) mass is 377 g/mol. The van der Waals surface area contributed by atoms with Crippen LogP contribution in [0.4, 0.5) is 29.1 Å². The molecule has 25 heavy (non-hydrogen) atoms. The van der Waals surface area contributed by atoms with E-state index in [2.05, 4.69) is 10.3 Å². The summed E-state index contributed by atoms with van der Waals surface area (Å²) >= 11 is 0. The number of amides is 1. The van der Waals surface area contributed by atoms with Gasteiger partial charge in [0.1, 0.15) is 5.82 Å². The number of aromatic nitrogens is 1. The molecule has 0 atom stereocenters. The smallest absolute Gasteiger partial charge is 0.319 e. The maximum Gasteiger partial charge on any atom is 0.417 e. The van der Waals surface area contributed by atoms with E-state index in [0.717, 1.165) is 18.4 Å². The Morgan fingerprint density at radius 1 is 1.20 bits per heavy atom. The summed E-state index contributed by atoms with van der Waals surface area (Å²) in [4.78, 5) is 15.5. The molecule has 0 aliphatic carbocycles. The van der Waals surface area contributed by atoms with Gasteiger partial charge in [0.25, 0.3) is 5.91 Å². The maximum atomic E-state index is 13.2. The minimum atomic E-state index is -4.76. The Morgan fingerprint density at radius 3 is 2.44 bits per heavy atom. The van der Waals surface area contributed by atoms with Crippen LogP contribution in [0.5, 0.6) is 0 Å². The van der Waals surface area contributed by atoms with Crippen molar-refractivity contribution in [1.29, 1.82) is 0 Å². The molecule has 0 aliphatic rings. The first-order valence-electron chi connectivity index (χ1n) is 6.57. The number of halogens is 4. The molecule has 0 saturated carbocycles.